The number of aryl methyl sites for hydroxylation is 1. The number of hydrogen-bond acceptors (Lipinski definition) is 4. The average Bonchev–Trinajstić information content (AvgIpc) is 2.89. The molecule has 0 unspecified atom stereocenters. The summed E-state index contributed by atoms with van der Waals surface area (Å²) >= 11 is 6.34. The van der Waals surface area contributed by atoms with E-state index in [1.807, 2.05) is 0 Å². The number of likely N-dealkylation sites (tertiary alicyclic amines) is 1. The van der Waals surface area contributed by atoms with E-state index in [1.54, 1.807) is 37.3 Å². The first-order valence-corrected chi connectivity index (χ1v) is 12.6. The van der Waals surface area contributed by atoms with Crippen LogP contribution in [0, 0.1) is 30.0 Å². The van der Waals surface area contributed by atoms with Crippen LogP contribution in [0.5, 0.6) is 5.75 Å². The maximum atomic E-state index is 15.6. The number of nitrogens with zero attached hydrogens (tertiary/aromatic N) is 2. The second kappa shape index (κ2) is 11.5. The van der Waals surface area contributed by atoms with Crippen molar-refractivity contribution >= 4 is 28.5 Å². The van der Waals surface area contributed by atoms with Crippen LogP contribution in [0.3, 0.4) is 0 Å². The summed E-state index contributed by atoms with van der Waals surface area (Å²) < 4.78 is 34.6. The predicted octanol–water partition coefficient (Wildman–Crippen LogP) is 6.35. The summed E-state index contributed by atoms with van der Waals surface area (Å²) in [5.74, 6) is 5.38. The number of aromatic nitrogens is 1. The lowest BCUT2D eigenvalue weighted by atomic mass is 9.74. The summed E-state index contributed by atoms with van der Waals surface area (Å²) in [4.78, 5) is 18.6. The van der Waals surface area contributed by atoms with Gasteiger partial charge in [0.1, 0.15) is 17.7 Å². The van der Waals surface area contributed by atoms with Gasteiger partial charge in [0.2, 0.25) is 0 Å². The van der Waals surface area contributed by atoms with Crippen molar-refractivity contribution in [2.45, 2.75) is 38.8 Å². The van der Waals surface area contributed by atoms with E-state index in [0.717, 1.165) is 0 Å². The molecule has 0 radical (unpaired) electrons. The molecule has 1 saturated heterocycles. The van der Waals surface area contributed by atoms with E-state index in [2.05, 4.69) is 21.7 Å². The molecule has 2 heterocycles. The number of alkyl halides is 1. The van der Waals surface area contributed by atoms with Gasteiger partial charge in [-0.25, -0.2) is 8.78 Å². The maximum Gasteiger partial charge on any atom is 0.309 e. The smallest absolute Gasteiger partial charge is 0.309 e. The Labute approximate surface area is 220 Å². The largest absolute Gasteiger partial charge is 0.497 e. The number of carboxylic acids is 1. The van der Waals surface area contributed by atoms with Gasteiger partial charge in [-0.2, -0.15) is 0 Å². The van der Waals surface area contributed by atoms with Gasteiger partial charge >= 0.3 is 5.97 Å². The molecule has 0 amide bonds. The summed E-state index contributed by atoms with van der Waals surface area (Å²) in [6.45, 7) is 3.23. The van der Waals surface area contributed by atoms with Crippen LogP contribution in [0.25, 0.3) is 10.9 Å². The topological polar surface area (TPSA) is 62.7 Å². The molecular formula is C29H29ClF2N2O3. The van der Waals surface area contributed by atoms with E-state index in [-0.39, 0.29) is 23.7 Å². The van der Waals surface area contributed by atoms with Crippen molar-refractivity contribution in [3.63, 3.8) is 0 Å². The number of piperidine rings is 1. The lowest BCUT2D eigenvalue weighted by molar-refractivity contribution is -0.152. The minimum absolute atomic E-state index is 0.0289. The van der Waals surface area contributed by atoms with Gasteiger partial charge in [-0.15, -0.1) is 0 Å². The molecule has 4 rings (SSSR count). The van der Waals surface area contributed by atoms with Crippen molar-refractivity contribution < 1.29 is 23.4 Å². The van der Waals surface area contributed by atoms with Crippen LogP contribution < -0.4 is 4.74 Å². The highest BCUT2D eigenvalue weighted by atomic mass is 35.5. The molecule has 2 aromatic carbocycles. The molecule has 0 saturated carbocycles. The van der Waals surface area contributed by atoms with E-state index >= 15 is 4.39 Å². The van der Waals surface area contributed by atoms with Crippen molar-refractivity contribution in [3.05, 3.63) is 70.1 Å². The molecule has 1 aliphatic heterocycles. The third-order valence-corrected chi connectivity index (χ3v) is 7.53. The number of carbonyl (C=O) groups is 1. The second-order valence-electron chi connectivity index (χ2n) is 9.54. The summed E-state index contributed by atoms with van der Waals surface area (Å²) in [5.41, 5.74) is 1.07. The molecule has 0 spiro atoms. The number of ether oxygens (including phenoxy) is 1. The van der Waals surface area contributed by atoms with E-state index in [4.69, 9.17) is 16.3 Å². The van der Waals surface area contributed by atoms with Gasteiger partial charge in [0.05, 0.1) is 29.6 Å². The number of hydrogen-bond donors (Lipinski definition) is 1. The zero-order valence-electron chi connectivity index (χ0n) is 20.9. The SMILES string of the molecule is COc1ccc2ncc(Cl)c([C@@H](F)CCC3(C(=O)O)CCN(CC#Cc4ccc(C)c(F)c4)CC3)c2c1. The number of methoxy groups -OCH3 is 1. The van der Waals surface area contributed by atoms with E-state index in [1.165, 1.54) is 19.4 Å². The lowest BCUT2D eigenvalue weighted by Crippen LogP contribution is -2.44. The van der Waals surface area contributed by atoms with Crippen molar-refractivity contribution in [1.29, 1.82) is 0 Å². The Morgan fingerprint density at radius 1 is 1.27 bits per heavy atom. The van der Waals surface area contributed by atoms with Crippen molar-refractivity contribution in [2.24, 2.45) is 5.41 Å². The summed E-state index contributed by atoms with van der Waals surface area (Å²) in [6.07, 6.45) is 0.996. The van der Waals surface area contributed by atoms with Crippen LogP contribution in [-0.4, -0.2) is 47.7 Å². The first-order valence-electron chi connectivity index (χ1n) is 12.2. The minimum atomic E-state index is -1.44. The fourth-order valence-corrected chi connectivity index (χ4v) is 5.06. The fourth-order valence-electron chi connectivity index (χ4n) is 4.79. The Morgan fingerprint density at radius 3 is 2.70 bits per heavy atom. The minimum Gasteiger partial charge on any atom is -0.497 e. The van der Waals surface area contributed by atoms with Crippen LogP contribution in [0.4, 0.5) is 8.78 Å². The summed E-state index contributed by atoms with van der Waals surface area (Å²) in [6, 6.07) is 10.1. The van der Waals surface area contributed by atoms with Gasteiger partial charge in [-0.05, 0) is 68.5 Å². The highest BCUT2D eigenvalue weighted by molar-refractivity contribution is 6.32. The molecule has 1 N–H and O–H groups in total. The molecule has 37 heavy (non-hydrogen) atoms. The predicted molar refractivity (Wildman–Crippen MR) is 140 cm³/mol. The average molecular weight is 527 g/mol. The monoisotopic (exact) mass is 526 g/mol. The summed E-state index contributed by atoms with van der Waals surface area (Å²) in [5, 5.41) is 10.8. The Kier molecular flexibility index (Phi) is 8.31. The maximum absolute atomic E-state index is 15.6. The molecular weight excluding hydrogens is 498 g/mol. The highest BCUT2D eigenvalue weighted by Crippen LogP contribution is 2.42. The number of rotatable bonds is 7. The van der Waals surface area contributed by atoms with Crippen LogP contribution in [0.15, 0.2) is 42.6 Å². The van der Waals surface area contributed by atoms with E-state index < -0.39 is 17.6 Å². The molecule has 1 atom stereocenters. The normalized spacial score (nSPS) is 16.1. The standard InChI is InChI=1S/C29H29ClF2N2O3/c1-19-5-6-20(16-25(19)32)4-3-13-34-14-11-29(12-15-34,28(35)36)10-9-24(31)27-22-17-21(37-2)7-8-26(22)33-18-23(27)30/h5-8,16-18,24H,9-15H2,1-2H3,(H,35,36)/t24-/m0/s1. The van der Waals surface area contributed by atoms with Gasteiger partial charge < -0.3 is 9.84 Å². The quantitative estimate of drug-likeness (QED) is 0.363. The first kappa shape index (κ1) is 26.8. The molecule has 1 aliphatic rings. The third kappa shape index (κ3) is 6.03. The number of aliphatic carboxylic acids is 1. The number of benzene rings is 2. The zero-order chi connectivity index (χ0) is 26.6. The molecule has 194 valence electrons. The highest BCUT2D eigenvalue weighted by Gasteiger charge is 2.41. The third-order valence-electron chi connectivity index (χ3n) is 7.23. The molecule has 0 bridgehead atoms. The number of carboxylic acid groups (broad SMARTS) is 1. The molecule has 3 aromatic rings. The molecule has 0 aliphatic carbocycles. The molecule has 8 heteroatoms. The lowest BCUT2D eigenvalue weighted by Gasteiger charge is -2.38. The van der Waals surface area contributed by atoms with Crippen molar-refractivity contribution in [2.75, 3.05) is 26.7 Å². The Hall–Kier alpha value is -3.21. The fraction of sp³-hybridized carbons (Fsp3) is 0.379. The molecule has 1 aromatic heterocycles. The van der Waals surface area contributed by atoms with Crippen LogP contribution in [0.2, 0.25) is 5.02 Å². The van der Waals surface area contributed by atoms with Gasteiger partial charge in [-0.3, -0.25) is 14.7 Å². The summed E-state index contributed by atoms with van der Waals surface area (Å²) in [7, 11) is 1.53. The van der Waals surface area contributed by atoms with E-state index in [9.17, 15) is 14.3 Å². The first-order chi connectivity index (χ1) is 17.7. The van der Waals surface area contributed by atoms with Crippen LogP contribution in [-0.2, 0) is 4.79 Å². The molecule has 5 nitrogen and oxygen atoms in total. The number of halogens is 3. The Morgan fingerprint density at radius 2 is 2.03 bits per heavy atom. The second-order valence-corrected chi connectivity index (χ2v) is 9.94. The zero-order valence-corrected chi connectivity index (χ0v) is 21.6. The Balaban J connectivity index is 1.41. The van der Waals surface area contributed by atoms with Gasteiger partial charge in [0.25, 0.3) is 0 Å². The van der Waals surface area contributed by atoms with Crippen molar-refractivity contribution in [3.8, 4) is 17.6 Å². The Bertz CT molecular complexity index is 1360. The van der Waals surface area contributed by atoms with Gasteiger partial charge in [0, 0.05) is 35.8 Å². The van der Waals surface area contributed by atoms with Crippen molar-refractivity contribution in [1.82, 2.24) is 9.88 Å². The van der Waals surface area contributed by atoms with Crippen LogP contribution in [0.1, 0.15) is 48.5 Å². The number of pyridine rings is 1. The molecule has 1 fully saturated rings. The van der Waals surface area contributed by atoms with E-state index in [0.29, 0.717) is 65.8 Å². The van der Waals surface area contributed by atoms with Crippen LogP contribution >= 0.6 is 11.6 Å². The van der Waals surface area contributed by atoms with Gasteiger partial charge in [0.15, 0.2) is 0 Å². The van der Waals surface area contributed by atoms with Gasteiger partial charge in [-0.1, -0.05) is 29.5 Å². The number of fused-ring (bicyclic) bond motifs is 1.